The SMILES string of the molecule is Cc1ccc(C(=O)O)c(NCCc2ccc(Cl)cc2Cl)c1. The van der Waals surface area contributed by atoms with Gasteiger partial charge in [0.2, 0.25) is 0 Å². The van der Waals surface area contributed by atoms with Crippen molar-refractivity contribution in [1.29, 1.82) is 0 Å². The molecule has 110 valence electrons. The molecule has 0 saturated carbocycles. The predicted octanol–water partition coefficient (Wildman–Crippen LogP) is 4.65. The average Bonchev–Trinajstić information content (AvgIpc) is 2.41. The first-order chi connectivity index (χ1) is 9.97. The maximum Gasteiger partial charge on any atom is 0.337 e. The first-order valence-electron chi connectivity index (χ1n) is 6.49. The van der Waals surface area contributed by atoms with E-state index in [0.29, 0.717) is 28.7 Å². The van der Waals surface area contributed by atoms with Gasteiger partial charge in [-0.05, 0) is 48.7 Å². The lowest BCUT2D eigenvalue weighted by molar-refractivity contribution is 0.0698. The van der Waals surface area contributed by atoms with E-state index >= 15 is 0 Å². The minimum absolute atomic E-state index is 0.266. The summed E-state index contributed by atoms with van der Waals surface area (Å²) in [6.45, 7) is 2.51. The molecule has 0 radical (unpaired) electrons. The van der Waals surface area contributed by atoms with Crippen LogP contribution < -0.4 is 5.32 Å². The lowest BCUT2D eigenvalue weighted by atomic mass is 10.1. The number of hydrogen-bond acceptors (Lipinski definition) is 2. The van der Waals surface area contributed by atoms with E-state index in [2.05, 4.69) is 5.32 Å². The summed E-state index contributed by atoms with van der Waals surface area (Å²) in [4.78, 5) is 11.2. The fourth-order valence-electron chi connectivity index (χ4n) is 2.05. The molecular formula is C16H15Cl2NO2. The highest BCUT2D eigenvalue weighted by molar-refractivity contribution is 6.35. The first kappa shape index (κ1) is 15.7. The van der Waals surface area contributed by atoms with E-state index in [4.69, 9.17) is 23.2 Å². The number of aryl methyl sites for hydroxylation is 1. The molecule has 0 bridgehead atoms. The highest BCUT2D eigenvalue weighted by atomic mass is 35.5. The average molecular weight is 324 g/mol. The minimum Gasteiger partial charge on any atom is -0.478 e. The Morgan fingerprint density at radius 1 is 1.19 bits per heavy atom. The van der Waals surface area contributed by atoms with Crippen molar-refractivity contribution < 1.29 is 9.90 Å². The topological polar surface area (TPSA) is 49.3 Å². The standard InChI is InChI=1S/C16H15Cl2NO2/c1-10-2-5-13(16(20)21)15(8-10)19-7-6-11-3-4-12(17)9-14(11)18/h2-5,8-9,19H,6-7H2,1H3,(H,20,21). The van der Waals surface area contributed by atoms with Gasteiger partial charge in [-0.25, -0.2) is 4.79 Å². The second-order valence-electron chi connectivity index (χ2n) is 4.77. The molecule has 2 aromatic carbocycles. The molecule has 0 spiro atoms. The van der Waals surface area contributed by atoms with E-state index in [1.165, 1.54) is 0 Å². The van der Waals surface area contributed by atoms with Crippen LogP contribution in [0.5, 0.6) is 0 Å². The summed E-state index contributed by atoms with van der Waals surface area (Å²) in [6.07, 6.45) is 0.684. The van der Waals surface area contributed by atoms with Gasteiger partial charge in [0, 0.05) is 22.3 Å². The zero-order chi connectivity index (χ0) is 15.4. The van der Waals surface area contributed by atoms with Crippen LogP contribution in [0.15, 0.2) is 36.4 Å². The van der Waals surface area contributed by atoms with E-state index in [-0.39, 0.29) is 5.56 Å². The van der Waals surface area contributed by atoms with Gasteiger partial charge in [-0.15, -0.1) is 0 Å². The molecule has 0 fully saturated rings. The molecule has 0 aromatic heterocycles. The molecule has 3 nitrogen and oxygen atoms in total. The maximum atomic E-state index is 11.2. The van der Waals surface area contributed by atoms with Gasteiger partial charge in [-0.2, -0.15) is 0 Å². The molecule has 0 heterocycles. The Labute approximate surface area is 133 Å². The van der Waals surface area contributed by atoms with Crippen LogP contribution in [0.1, 0.15) is 21.5 Å². The van der Waals surface area contributed by atoms with Gasteiger partial charge in [0.05, 0.1) is 5.56 Å². The van der Waals surface area contributed by atoms with Crippen LogP contribution in [0.2, 0.25) is 10.0 Å². The Morgan fingerprint density at radius 2 is 1.95 bits per heavy atom. The Bertz CT molecular complexity index is 671. The lowest BCUT2D eigenvalue weighted by Crippen LogP contribution is -2.10. The summed E-state index contributed by atoms with van der Waals surface area (Å²) in [5.41, 5.74) is 2.86. The van der Waals surface area contributed by atoms with E-state index in [1.807, 2.05) is 19.1 Å². The van der Waals surface area contributed by atoms with Crippen molar-refractivity contribution in [2.45, 2.75) is 13.3 Å². The van der Waals surface area contributed by atoms with Crippen molar-refractivity contribution >= 4 is 34.9 Å². The number of benzene rings is 2. The zero-order valence-corrected chi connectivity index (χ0v) is 13.0. The molecular weight excluding hydrogens is 309 g/mol. The Hall–Kier alpha value is -1.71. The Balaban J connectivity index is 2.06. The van der Waals surface area contributed by atoms with Crippen LogP contribution in [-0.2, 0) is 6.42 Å². The number of carboxylic acid groups (broad SMARTS) is 1. The highest BCUT2D eigenvalue weighted by Crippen LogP contribution is 2.22. The number of carbonyl (C=O) groups is 1. The second-order valence-corrected chi connectivity index (χ2v) is 5.61. The fourth-order valence-corrected chi connectivity index (χ4v) is 2.55. The van der Waals surface area contributed by atoms with E-state index in [1.54, 1.807) is 24.3 Å². The molecule has 5 heteroatoms. The number of aromatic carboxylic acids is 1. The third-order valence-corrected chi connectivity index (χ3v) is 3.72. The summed E-state index contributed by atoms with van der Waals surface area (Å²) >= 11 is 12.0. The van der Waals surface area contributed by atoms with Crippen molar-refractivity contribution in [2.24, 2.45) is 0 Å². The number of halogens is 2. The quantitative estimate of drug-likeness (QED) is 0.841. The Kier molecular flexibility index (Phi) is 5.10. The maximum absolute atomic E-state index is 11.2. The summed E-state index contributed by atoms with van der Waals surface area (Å²) in [5, 5.41) is 13.5. The summed E-state index contributed by atoms with van der Waals surface area (Å²) in [6, 6.07) is 10.6. The van der Waals surface area contributed by atoms with Crippen LogP contribution in [-0.4, -0.2) is 17.6 Å². The molecule has 21 heavy (non-hydrogen) atoms. The number of carboxylic acids is 1. The van der Waals surface area contributed by atoms with Crippen molar-refractivity contribution in [1.82, 2.24) is 0 Å². The highest BCUT2D eigenvalue weighted by Gasteiger charge is 2.09. The molecule has 0 unspecified atom stereocenters. The summed E-state index contributed by atoms with van der Waals surface area (Å²) in [5.74, 6) is -0.943. The van der Waals surface area contributed by atoms with Crippen molar-refractivity contribution in [3.63, 3.8) is 0 Å². The molecule has 2 rings (SSSR count). The smallest absolute Gasteiger partial charge is 0.337 e. The van der Waals surface area contributed by atoms with Gasteiger partial charge in [-0.3, -0.25) is 0 Å². The van der Waals surface area contributed by atoms with Crippen LogP contribution in [0.4, 0.5) is 5.69 Å². The Morgan fingerprint density at radius 3 is 2.62 bits per heavy atom. The van der Waals surface area contributed by atoms with Gasteiger partial charge in [0.1, 0.15) is 0 Å². The zero-order valence-electron chi connectivity index (χ0n) is 11.5. The van der Waals surface area contributed by atoms with Gasteiger partial charge in [0.15, 0.2) is 0 Å². The van der Waals surface area contributed by atoms with Gasteiger partial charge >= 0.3 is 5.97 Å². The molecule has 0 aliphatic rings. The number of hydrogen-bond donors (Lipinski definition) is 2. The number of anilines is 1. The normalized spacial score (nSPS) is 10.4. The lowest BCUT2D eigenvalue weighted by Gasteiger charge is -2.11. The van der Waals surface area contributed by atoms with E-state index in [9.17, 15) is 9.90 Å². The predicted molar refractivity (Wildman–Crippen MR) is 86.8 cm³/mol. The summed E-state index contributed by atoms with van der Waals surface area (Å²) in [7, 11) is 0. The largest absolute Gasteiger partial charge is 0.478 e. The van der Waals surface area contributed by atoms with E-state index in [0.717, 1.165) is 11.1 Å². The van der Waals surface area contributed by atoms with Gasteiger partial charge in [0.25, 0.3) is 0 Å². The molecule has 0 atom stereocenters. The van der Waals surface area contributed by atoms with Gasteiger partial charge in [-0.1, -0.05) is 35.3 Å². The van der Waals surface area contributed by atoms with Crippen LogP contribution >= 0.6 is 23.2 Å². The van der Waals surface area contributed by atoms with Crippen LogP contribution in [0.3, 0.4) is 0 Å². The van der Waals surface area contributed by atoms with Crippen molar-refractivity contribution in [3.8, 4) is 0 Å². The molecule has 0 amide bonds. The monoisotopic (exact) mass is 323 g/mol. The first-order valence-corrected chi connectivity index (χ1v) is 7.24. The minimum atomic E-state index is -0.943. The van der Waals surface area contributed by atoms with Gasteiger partial charge < -0.3 is 10.4 Å². The number of nitrogens with one attached hydrogen (secondary N) is 1. The molecule has 2 N–H and O–H groups in total. The van der Waals surface area contributed by atoms with Crippen LogP contribution in [0.25, 0.3) is 0 Å². The third-order valence-electron chi connectivity index (χ3n) is 3.13. The second kappa shape index (κ2) is 6.83. The molecule has 0 aliphatic heterocycles. The molecule has 0 aliphatic carbocycles. The molecule has 0 saturated heterocycles. The molecule has 2 aromatic rings. The third kappa shape index (κ3) is 4.13. The van der Waals surface area contributed by atoms with E-state index < -0.39 is 5.97 Å². The van der Waals surface area contributed by atoms with Crippen LogP contribution in [0, 0.1) is 6.92 Å². The van der Waals surface area contributed by atoms with Crippen molar-refractivity contribution in [3.05, 3.63) is 63.1 Å². The van der Waals surface area contributed by atoms with Crippen molar-refractivity contribution in [2.75, 3.05) is 11.9 Å². The fraction of sp³-hybridized carbons (Fsp3) is 0.188. The summed E-state index contributed by atoms with van der Waals surface area (Å²) < 4.78 is 0. The number of rotatable bonds is 5.